The van der Waals surface area contributed by atoms with E-state index in [-0.39, 0.29) is 5.41 Å². The van der Waals surface area contributed by atoms with Crippen molar-refractivity contribution in [1.82, 2.24) is 29.9 Å². The summed E-state index contributed by atoms with van der Waals surface area (Å²) in [5, 5.41) is 4.30. The summed E-state index contributed by atoms with van der Waals surface area (Å²) < 4.78 is 12.7. The molecule has 0 saturated heterocycles. The van der Waals surface area contributed by atoms with Crippen molar-refractivity contribution in [2.45, 2.75) is 38.0 Å². The molecule has 1 spiro atoms. The van der Waals surface area contributed by atoms with E-state index in [1.807, 2.05) is 84.9 Å². The van der Waals surface area contributed by atoms with Crippen LogP contribution in [0.3, 0.4) is 0 Å². The molecular formula is C76H52N6O2. The Hall–Kier alpha value is -10.4. The van der Waals surface area contributed by atoms with E-state index < -0.39 is 0 Å². The summed E-state index contributed by atoms with van der Waals surface area (Å²) in [6.07, 6.45) is 7.24. The van der Waals surface area contributed by atoms with Crippen molar-refractivity contribution in [2.24, 2.45) is 11.8 Å². The Bertz CT molecular complexity index is 4730. The first-order chi connectivity index (χ1) is 41.4. The summed E-state index contributed by atoms with van der Waals surface area (Å²) >= 11 is 0. The van der Waals surface area contributed by atoms with Crippen LogP contribution in [0.25, 0.3) is 146 Å². The third-order valence-electron chi connectivity index (χ3n) is 17.9. The highest BCUT2D eigenvalue weighted by Crippen LogP contribution is 2.62. The van der Waals surface area contributed by atoms with Crippen LogP contribution in [0.15, 0.2) is 251 Å². The van der Waals surface area contributed by atoms with Gasteiger partial charge in [0.2, 0.25) is 0 Å². The molecule has 0 amide bonds. The van der Waals surface area contributed by atoms with Gasteiger partial charge in [0.25, 0.3) is 0 Å². The van der Waals surface area contributed by atoms with Gasteiger partial charge in [-0.3, -0.25) is 0 Å². The molecule has 14 aromatic rings. The topological polar surface area (TPSA) is 104 Å². The van der Waals surface area contributed by atoms with Gasteiger partial charge in [0.15, 0.2) is 34.9 Å². The van der Waals surface area contributed by atoms with Gasteiger partial charge in [-0.1, -0.05) is 188 Å². The molecule has 1 fully saturated rings. The third-order valence-corrected chi connectivity index (χ3v) is 17.9. The highest BCUT2D eigenvalue weighted by molar-refractivity contribution is 6.07. The number of benzene rings is 10. The standard InChI is InChI=1S/C76H52N6O2/c1-45-36-46-34-35-76(57(37-45)38-46)64-41-51(49-18-12-20-53(39-49)72-77-70(47-14-4-2-5-15-47)79-74(81-72)55-28-32-62-60-22-8-10-24-66(60)83-68(62)43-55)26-30-58(64)59-31-27-52(42-65(59)76)50-19-13-21-54(40-50)73-78-71(48-16-6-3-7-17-48)80-75(82-73)56-29-33-63-61-23-9-11-25-67(61)84-69(63)44-56/h2-33,37,39-46H,34-36,38H2,1H3. The van der Waals surface area contributed by atoms with Gasteiger partial charge in [-0.25, -0.2) is 29.9 Å². The number of fused-ring (bicyclic) bond motifs is 14. The summed E-state index contributed by atoms with van der Waals surface area (Å²) in [7, 11) is 0. The van der Waals surface area contributed by atoms with Gasteiger partial charge >= 0.3 is 0 Å². The number of rotatable bonds is 8. The second-order valence-electron chi connectivity index (χ2n) is 23.1. The quantitative estimate of drug-likeness (QED) is 0.139. The summed E-state index contributed by atoms with van der Waals surface area (Å²) in [4.78, 5) is 30.9. The normalized spacial score (nSPS) is 15.9. The molecule has 3 aliphatic carbocycles. The monoisotopic (exact) mass is 1080 g/mol. The molecule has 10 aromatic carbocycles. The van der Waals surface area contributed by atoms with E-state index in [9.17, 15) is 0 Å². The molecule has 4 aromatic heterocycles. The first-order valence-corrected chi connectivity index (χ1v) is 29.1. The van der Waals surface area contributed by atoms with Crippen LogP contribution in [0.5, 0.6) is 0 Å². The van der Waals surface area contributed by atoms with Crippen LogP contribution in [0.1, 0.15) is 43.7 Å². The number of hydrogen-bond acceptors (Lipinski definition) is 8. The minimum absolute atomic E-state index is 0.264. The van der Waals surface area contributed by atoms with Gasteiger partial charge in [0.1, 0.15) is 22.3 Å². The van der Waals surface area contributed by atoms with Crippen molar-refractivity contribution < 1.29 is 8.83 Å². The third kappa shape index (κ3) is 7.96. The molecule has 2 bridgehead atoms. The Kier molecular flexibility index (Phi) is 11.0. The van der Waals surface area contributed by atoms with Crippen LogP contribution in [0.2, 0.25) is 0 Å². The summed E-state index contributed by atoms with van der Waals surface area (Å²) in [6, 6.07) is 80.9. The van der Waals surface area contributed by atoms with Crippen LogP contribution >= 0.6 is 0 Å². The summed E-state index contributed by atoms with van der Waals surface area (Å²) in [6.45, 7) is 2.41. The van der Waals surface area contributed by atoms with Gasteiger partial charge in [-0.05, 0) is 143 Å². The van der Waals surface area contributed by atoms with Crippen molar-refractivity contribution in [3.63, 3.8) is 0 Å². The zero-order valence-corrected chi connectivity index (χ0v) is 46.0. The molecular weight excluding hydrogens is 1030 g/mol. The lowest BCUT2D eigenvalue weighted by Gasteiger charge is -2.45. The van der Waals surface area contributed by atoms with Gasteiger partial charge in [-0.2, -0.15) is 0 Å². The number of hydrogen-bond donors (Lipinski definition) is 0. The molecule has 3 aliphatic rings. The molecule has 0 radical (unpaired) electrons. The van der Waals surface area contributed by atoms with Crippen LogP contribution < -0.4 is 0 Å². The van der Waals surface area contributed by atoms with E-state index in [0.29, 0.717) is 46.8 Å². The van der Waals surface area contributed by atoms with E-state index in [0.717, 1.165) is 101 Å². The number of furan rings is 2. The molecule has 0 N–H and O–H groups in total. The van der Waals surface area contributed by atoms with Gasteiger partial charge in [0, 0.05) is 60.3 Å². The van der Waals surface area contributed by atoms with Crippen LogP contribution in [0.4, 0.5) is 0 Å². The number of allylic oxidation sites excluding steroid dienone is 2. The fraction of sp³-hybridized carbons (Fsp3) is 0.105. The van der Waals surface area contributed by atoms with Crippen molar-refractivity contribution in [3.05, 3.63) is 253 Å². The Morgan fingerprint density at radius 3 is 1.21 bits per heavy atom. The minimum atomic E-state index is -0.264. The van der Waals surface area contributed by atoms with Crippen LogP contribution in [-0.4, -0.2) is 29.9 Å². The van der Waals surface area contributed by atoms with E-state index in [1.165, 1.54) is 46.2 Å². The van der Waals surface area contributed by atoms with E-state index >= 15 is 0 Å². The minimum Gasteiger partial charge on any atom is -0.456 e. The average molecular weight is 1080 g/mol. The number of para-hydroxylation sites is 2. The maximum atomic E-state index is 6.34. The molecule has 8 nitrogen and oxygen atoms in total. The van der Waals surface area contributed by atoms with Gasteiger partial charge in [0.05, 0.1) is 0 Å². The Balaban J connectivity index is 0.752. The molecule has 398 valence electrons. The summed E-state index contributed by atoms with van der Waals surface area (Å²) in [5.41, 5.74) is 20.0. The maximum absolute atomic E-state index is 6.34. The van der Waals surface area contributed by atoms with E-state index in [2.05, 4.69) is 159 Å². The second-order valence-corrected chi connectivity index (χ2v) is 23.1. The highest BCUT2D eigenvalue weighted by Gasteiger charge is 2.50. The predicted molar refractivity (Wildman–Crippen MR) is 337 cm³/mol. The zero-order valence-electron chi connectivity index (χ0n) is 46.0. The van der Waals surface area contributed by atoms with Crippen molar-refractivity contribution in [3.8, 4) is 102 Å². The smallest absolute Gasteiger partial charge is 0.164 e. The zero-order chi connectivity index (χ0) is 55.5. The maximum Gasteiger partial charge on any atom is 0.164 e. The lowest BCUT2D eigenvalue weighted by Crippen LogP contribution is -2.36. The second kappa shape index (κ2) is 19.1. The molecule has 1 saturated carbocycles. The molecule has 2 unspecified atom stereocenters. The predicted octanol–water partition coefficient (Wildman–Crippen LogP) is 19.2. The van der Waals surface area contributed by atoms with Crippen molar-refractivity contribution in [2.75, 3.05) is 0 Å². The SMILES string of the molecule is CC1C=C2CC(CCC23c2cc(-c4cccc(-c5nc(-c6ccccc6)nc(-c6ccc7c(c6)oc6ccccc67)n5)c4)ccc2-c2ccc(-c4cccc(-c5nc(-c6ccccc6)nc(-c6ccc7c(c6)oc6ccccc67)n5)c4)cc23)C1. The lowest BCUT2D eigenvalue weighted by atomic mass is 9.58. The molecule has 0 aliphatic heterocycles. The molecule has 4 heterocycles. The van der Waals surface area contributed by atoms with Crippen molar-refractivity contribution >= 4 is 43.9 Å². The number of aromatic nitrogens is 6. The first-order valence-electron chi connectivity index (χ1n) is 29.1. The molecule has 2 atom stereocenters. The Labute approximate surface area is 485 Å². The Morgan fingerprint density at radius 1 is 0.345 bits per heavy atom. The summed E-state index contributed by atoms with van der Waals surface area (Å²) in [5.74, 6) is 4.84. The lowest BCUT2D eigenvalue weighted by molar-refractivity contribution is 0.284. The fourth-order valence-electron chi connectivity index (χ4n) is 14.0. The van der Waals surface area contributed by atoms with Gasteiger partial charge in [-0.15, -0.1) is 0 Å². The first kappa shape index (κ1) is 48.3. The van der Waals surface area contributed by atoms with E-state index in [1.54, 1.807) is 5.57 Å². The number of nitrogens with zero attached hydrogens (tertiary/aromatic N) is 6. The van der Waals surface area contributed by atoms with Gasteiger partial charge < -0.3 is 8.83 Å². The Morgan fingerprint density at radius 2 is 0.726 bits per heavy atom. The molecule has 8 heteroatoms. The fourth-order valence-corrected chi connectivity index (χ4v) is 14.0. The van der Waals surface area contributed by atoms with Crippen molar-refractivity contribution in [1.29, 1.82) is 0 Å². The average Bonchev–Trinajstić information content (AvgIpc) is 1.71. The molecule has 17 rings (SSSR count). The highest BCUT2D eigenvalue weighted by atomic mass is 16.3. The van der Waals surface area contributed by atoms with E-state index in [4.69, 9.17) is 38.7 Å². The molecule has 84 heavy (non-hydrogen) atoms. The van der Waals surface area contributed by atoms with Crippen LogP contribution in [-0.2, 0) is 5.41 Å². The van der Waals surface area contributed by atoms with Crippen LogP contribution in [0, 0.1) is 11.8 Å². The largest absolute Gasteiger partial charge is 0.456 e.